The Morgan fingerprint density at radius 2 is 2.05 bits per heavy atom. The minimum Gasteiger partial charge on any atom is -0.496 e. The van der Waals surface area contributed by atoms with Crippen molar-refractivity contribution in [3.8, 4) is 5.75 Å². The highest BCUT2D eigenvalue weighted by atomic mass is 79.9. The number of hydrogen-bond acceptors (Lipinski definition) is 3. The first-order chi connectivity index (χ1) is 10.1. The van der Waals surface area contributed by atoms with Crippen molar-refractivity contribution in [1.29, 1.82) is 0 Å². The highest BCUT2D eigenvalue weighted by Gasteiger charge is 2.25. The fourth-order valence-electron chi connectivity index (χ4n) is 2.67. The van der Waals surface area contributed by atoms with Gasteiger partial charge in [0.25, 0.3) is 0 Å². The van der Waals surface area contributed by atoms with E-state index in [-0.39, 0.29) is 6.04 Å². The molecule has 2 unspecified atom stereocenters. The smallest absolute Gasteiger partial charge is 0.123 e. The molecule has 21 heavy (non-hydrogen) atoms. The van der Waals surface area contributed by atoms with Crippen molar-refractivity contribution in [3.63, 3.8) is 0 Å². The number of halogens is 1. The molecule has 0 aromatic heterocycles. The summed E-state index contributed by atoms with van der Waals surface area (Å²) >= 11 is 3.56. The van der Waals surface area contributed by atoms with E-state index in [1.54, 1.807) is 7.11 Å². The lowest BCUT2D eigenvalue weighted by atomic mass is 10.0. The van der Waals surface area contributed by atoms with Crippen molar-refractivity contribution in [2.45, 2.75) is 52.1 Å². The summed E-state index contributed by atoms with van der Waals surface area (Å²) in [5, 5.41) is 0. The number of methoxy groups -OCH3 is 1. The summed E-state index contributed by atoms with van der Waals surface area (Å²) in [4.78, 5) is 2.52. The second-order valence-corrected chi connectivity index (χ2v) is 6.40. The number of unbranched alkanes of at least 4 members (excludes halogenated alkanes) is 1. The van der Waals surface area contributed by atoms with Crippen molar-refractivity contribution in [2.24, 2.45) is 5.73 Å². The Kier molecular flexibility index (Phi) is 8.30. The van der Waals surface area contributed by atoms with Gasteiger partial charge in [0.15, 0.2) is 0 Å². The summed E-state index contributed by atoms with van der Waals surface area (Å²) in [6, 6.07) is 6.86. The minimum atomic E-state index is 0.193. The molecule has 4 heteroatoms. The van der Waals surface area contributed by atoms with Gasteiger partial charge in [0.2, 0.25) is 0 Å². The zero-order chi connectivity index (χ0) is 15.8. The van der Waals surface area contributed by atoms with E-state index < -0.39 is 0 Å². The van der Waals surface area contributed by atoms with Gasteiger partial charge in [-0.15, -0.1) is 0 Å². The molecule has 0 aliphatic rings. The summed E-state index contributed by atoms with van der Waals surface area (Å²) in [5.41, 5.74) is 7.30. The van der Waals surface area contributed by atoms with Crippen LogP contribution >= 0.6 is 15.9 Å². The average Bonchev–Trinajstić information content (AvgIpc) is 2.50. The van der Waals surface area contributed by atoms with Gasteiger partial charge in [0.05, 0.1) is 13.2 Å². The van der Waals surface area contributed by atoms with Crippen LogP contribution in [0.15, 0.2) is 22.7 Å². The molecule has 0 heterocycles. The predicted octanol–water partition coefficient (Wildman–Crippen LogP) is 4.36. The molecule has 0 fully saturated rings. The van der Waals surface area contributed by atoms with E-state index in [0.29, 0.717) is 12.6 Å². The van der Waals surface area contributed by atoms with Crippen LogP contribution in [0.25, 0.3) is 0 Å². The van der Waals surface area contributed by atoms with E-state index in [0.717, 1.165) is 23.2 Å². The van der Waals surface area contributed by atoms with Gasteiger partial charge in [-0.05, 0) is 44.5 Å². The van der Waals surface area contributed by atoms with Crippen molar-refractivity contribution in [2.75, 3.05) is 20.2 Å². The zero-order valence-corrected chi connectivity index (χ0v) is 15.3. The van der Waals surface area contributed by atoms with Gasteiger partial charge in [-0.3, -0.25) is 4.90 Å². The van der Waals surface area contributed by atoms with Crippen LogP contribution < -0.4 is 10.5 Å². The van der Waals surface area contributed by atoms with Crippen LogP contribution in [0.2, 0.25) is 0 Å². The molecular formula is C17H29BrN2O. The molecule has 0 saturated carbocycles. The van der Waals surface area contributed by atoms with Gasteiger partial charge in [-0.1, -0.05) is 36.2 Å². The molecule has 1 aromatic rings. The molecule has 0 aliphatic heterocycles. The number of nitrogens with two attached hydrogens (primary N) is 1. The summed E-state index contributed by atoms with van der Waals surface area (Å²) < 4.78 is 6.61. The fourth-order valence-corrected chi connectivity index (χ4v) is 3.04. The summed E-state index contributed by atoms with van der Waals surface area (Å²) in [6.45, 7) is 8.41. The van der Waals surface area contributed by atoms with Crippen LogP contribution in [0.4, 0.5) is 0 Å². The highest BCUT2D eigenvalue weighted by molar-refractivity contribution is 9.10. The van der Waals surface area contributed by atoms with Gasteiger partial charge in [-0.2, -0.15) is 0 Å². The lowest BCUT2D eigenvalue weighted by Gasteiger charge is -2.36. The number of ether oxygens (including phenoxy) is 1. The predicted molar refractivity (Wildman–Crippen MR) is 93.9 cm³/mol. The largest absolute Gasteiger partial charge is 0.496 e. The Hall–Kier alpha value is -0.580. The Morgan fingerprint density at radius 3 is 2.57 bits per heavy atom. The van der Waals surface area contributed by atoms with Crippen LogP contribution in [0.3, 0.4) is 0 Å². The third-order valence-corrected chi connectivity index (χ3v) is 4.59. The third-order valence-electron chi connectivity index (χ3n) is 4.10. The Bertz CT molecular complexity index is 425. The van der Waals surface area contributed by atoms with Crippen LogP contribution in [-0.2, 0) is 0 Å². The van der Waals surface area contributed by atoms with Crippen molar-refractivity contribution >= 4 is 15.9 Å². The molecule has 0 amide bonds. The number of hydrogen-bond donors (Lipinski definition) is 1. The molecule has 2 N–H and O–H groups in total. The lowest BCUT2D eigenvalue weighted by molar-refractivity contribution is 0.138. The Labute approximate surface area is 138 Å². The quantitative estimate of drug-likeness (QED) is 0.714. The van der Waals surface area contributed by atoms with E-state index in [9.17, 15) is 0 Å². The molecule has 0 saturated heterocycles. The highest BCUT2D eigenvalue weighted by Crippen LogP contribution is 2.33. The molecule has 1 aromatic carbocycles. The molecule has 0 spiro atoms. The SMILES string of the molecule is CCCCN(C(C)CC)C(CN)c1cc(Br)ccc1OC. The van der Waals surface area contributed by atoms with Crippen LogP contribution in [0.1, 0.15) is 51.6 Å². The van der Waals surface area contributed by atoms with E-state index in [1.165, 1.54) is 18.4 Å². The van der Waals surface area contributed by atoms with E-state index in [1.807, 2.05) is 12.1 Å². The average molecular weight is 357 g/mol. The van der Waals surface area contributed by atoms with E-state index in [2.05, 4.69) is 47.7 Å². The van der Waals surface area contributed by atoms with Gasteiger partial charge < -0.3 is 10.5 Å². The Morgan fingerprint density at radius 1 is 1.33 bits per heavy atom. The molecule has 0 aliphatic carbocycles. The molecule has 1 rings (SSSR count). The maximum atomic E-state index is 6.13. The summed E-state index contributed by atoms with van der Waals surface area (Å²) in [6.07, 6.45) is 3.51. The summed E-state index contributed by atoms with van der Waals surface area (Å²) in [5.74, 6) is 0.915. The second kappa shape index (κ2) is 9.44. The Balaban J connectivity index is 3.14. The monoisotopic (exact) mass is 356 g/mol. The van der Waals surface area contributed by atoms with Crippen LogP contribution in [0, 0.1) is 0 Å². The molecular weight excluding hydrogens is 328 g/mol. The number of rotatable bonds is 9. The maximum Gasteiger partial charge on any atom is 0.123 e. The molecule has 3 nitrogen and oxygen atoms in total. The number of benzene rings is 1. The molecule has 0 radical (unpaired) electrons. The van der Waals surface area contributed by atoms with Crippen LogP contribution in [0.5, 0.6) is 5.75 Å². The van der Waals surface area contributed by atoms with E-state index in [4.69, 9.17) is 10.5 Å². The van der Waals surface area contributed by atoms with Gasteiger partial charge in [0, 0.05) is 22.6 Å². The number of nitrogens with zero attached hydrogens (tertiary/aromatic N) is 1. The maximum absolute atomic E-state index is 6.13. The standard InChI is InChI=1S/C17H29BrN2O/c1-5-7-10-20(13(3)6-2)16(12-19)15-11-14(18)8-9-17(15)21-4/h8-9,11,13,16H,5-7,10,12,19H2,1-4H3. The van der Waals surface area contributed by atoms with Crippen molar-refractivity contribution in [3.05, 3.63) is 28.2 Å². The van der Waals surface area contributed by atoms with Gasteiger partial charge in [-0.25, -0.2) is 0 Å². The van der Waals surface area contributed by atoms with Crippen molar-refractivity contribution in [1.82, 2.24) is 4.90 Å². The van der Waals surface area contributed by atoms with Gasteiger partial charge in [0.1, 0.15) is 5.75 Å². The topological polar surface area (TPSA) is 38.5 Å². The first-order valence-corrected chi connectivity index (χ1v) is 8.67. The molecule has 2 atom stereocenters. The molecule has 120 valence electrons. The van der Waals surface area contributed by atoms with Gasteiger partial charge >= 0.3 is 0 Å². The van der Waals surface area contributed by atoms with E-state index >= 15 is 0 Å². The van der Waals surface area contributed by atoms with Crippen LogP contribution in [-0.4, -0.2) is 31.1 Å². The normalized spacial score (nSPS) is 14.2. The third kappa shape index (κ3) is 4.97. The summed E-state index contributed by atoms with van der Waals surface area (Å²) in [7, 11) is 1.72. The first kappa shape index (κ1) is 18.5. The first-order valence-electron chi connectivity index (χ1n) is 7.88. The second-order valence-electron chi connectivity index (χ2n) is 5.49. The fraction of sp³-hybridized carbons (Fsp3) is 0.647. The zero-order valence-electron chi connectivity index (χ0n) is 13.7. The molecule has 0 bridgehead atoms. The lowest BCUT2D eigenvalue weighted by Crippen LogP contribution is -2.40. The van der Waals surface area contributed by atoms with Crippen molar-refractivity contribution < 1.29 is 4.74 Å². The minimum absolute atomic E-state index is 0.193.